The molecule has 1 aromatic carbocycles. The summed E-state index contributed by atoms with van der Waals surface area (Å²) < 4.78 is 52.0. The van der Waals surface area contributed by atoms with Crippen LogP contribution >= 0.6 is 0 Å². The lowest BCUT2D eigenvalue weighted by molar-refractivity contribution is -0.120. The number of benzene rings is 1. The molecule has 0 saturated carbocycles. The van der Waals surface area contributed by atoms with E-state index < -0.39 is 29.0 Å². The number of carbonyl (C=O) groups is 1. The molecule has 0 aliphatic rings. The summed E-state index contributed by atoms with van der Waals surface area (Å²) in [5, 5.41) is 4.63. The van der Waals surface area contributed by atoms with Gasteiger partial charge >= 0.3 is 0 Å². The van der Waals surface area contributed by atoms with E-state index in [1.165, 1.54) is 0 Å². The molecule has 0 unspecified atom stereocenters. The minimum atomic E-state index is -1.51. The fourth-order valence-electron chi connectivity index (χ4n) is 1.31. The van der Waals surface area contributed by atoms with Gasteiger partial charge in [0.2, 0.25) is 5.91 Å². The van der Waals surface area contributed by atoms with Crippen molar-refractivity contribution >= 4 is 11.6 Å². The van der Waals surface area contributed by atoms with E-state index >= 15 is 0 Å². The Morgan fingerprint density at radius 3 is 2.22 bits per heavy atom. The predicted octanol–water partition coefficient (Wildman–Crippen LogP) is 2.18. The van der Waals surface area contributed by atoms with Gasteiger partial charge in [0.1, 0.15) is 5.69 Å². The molecule has 0 bridgehead atoms. The summed E-state index contributed by atoms with van der Waals surface area (Å²) in [6.07, 6.45) is -0.0646. The molecule has 0 atom stereocenters. The lowest BCUT2D eigenvalue weighted by Crippen LogP contribution is -2.25. The van der Waals surface area contributed by atoms with Gasteiger partial charge < -0.3 is 10.6 Å². The first-order valence-corrected chi connectivity index (χ1v) is 5.31. The Morgan fingerprint density at radius 1 is 1.17 bits per heavy atom. The lowest BCUT2D eigenvalue weighted by Gasteiger charge is -2.09. The second-order valence-corrected chi connectivity index (χ2v) is 3.47. The molecule has 2 N–H and O–H groups in total. The van der Waals surface area contributed by atoms with Crippen molar-refractivity contribution in [3.05, 3.63) is 29.3 Å². The summed E-state index contributed by atoms with van der Waals surface area (Å²) >= 11 is 0. The Morgan fingerprint density at radius 2 is 1.72 bits per heavy atom. The molecule has 0 radical (unpaired) electrons. The number of carbonyl (C=O) groups excluding carboxylic acids is 1. The third kappa shape index (κ3) is 3.35. The minimum Gasteiger partial charge on any atom is -0.380 e. The second-order valence-electron chi connectivity index (χ2n) is 3.47. The molecule has 7 heteroatoms. The number of anilines is 1. The van der Waals surface area contributed by atoms with Crippen LogP contribution in [0.15, 0.2) is 6.07 Å². The summed E-state index contributed by atoms with van der Waals surface area (Å²) in [6.45, 7) is 2.01. The molecule has 0 aromatic heterocycles. The smallest absolute Gasteiger partial charge is 0.221 e. The number of amides is 1. The van der Waals surface area contributed by atoms with Crippen LogP contribution in [0.4, 0.5) is 23.2 Å². The predicted molar refractivity (Wildman–Crippen MR) is 58.1 cm³/mol. The van der Waals surface area contributed by atoms with E-state index in [-0.39, 0.29) is 24.9 Å². The van der Waals surface area contributed by atoms with Crippen molar-refractivity contribution < 1.29 is 22.4 Å². The van der Waals surface area contributed by atoms with Crippen molar-refractivity contribution in [2.45, 2.75) is 13.3 Å². The van der Waals surface area contributed by atoms with Crippen LogP contribution in [0.2, 0.25) is 0 Å². The van der Waals surface area contributed by atoms with Gasteiger partial charge in [-0.25, -0.2) is 17.6 Å². The molecule has 1 aromatic rings. The van der Waals surface area contributed by atoms with E-state index in [9.17, 15) is 22.4 Å². The third-order valence-corrected chi connectivity index (χ3v) is 2.14. The number of nitrogens with one attached hydrogen (secondary N) is 2. The maximum absolute atomic E-state index is 13.2. The van der Waals surface area contributed by atoms with Gasteiger partial charge in [-0.15, -0.1) is 0 Å². The standard InChI is InChI=1S/C11H12F4N2O/c1-2-16-8(18)3-4-17-11-9(14)6(12)5-7(13)10(11)15/h5,17H,2-4H2,1H3,(H,16,18). The minimum absolute atomic E-state index is 0.0646. The number of rotatable bonds is 5. The molecule has 0 spiro atoms. The molecule has 0 saturated heterocycles. The van der Waals surface area contributed by atoms with Crippen molar-refractivity contribution in [3.8, 4) is 0 Å². The topological polar surface area (TPSA) is 41.1 Å². The van der Waals surface area contributed by atoms with Gasteiger partial charge in [0, 0.05) is 25.6 Å². The Bertz CT molecular complexity index is 425. The summed E-state index contributed by atoms with van der Waals surface area (Å²) in [5.41, 5.74) is -0.906. The number of hydrogen-bond acceptors (Lipinski definition) is 2. The first kappa shape index (κ1) is 14.3. The van der Waals surface area contributed by atoms with Crippen molar-refractivity contribution in [1.82, 2.24) is 5.32 Å². The normalized spacial score (nSPS) is 10.3. The molecule has 1 amide bonds. The maximum Gasteiger partial charge on any atom is 0.221 e. The van der Waals surface area contributed by atoms with Crippen molar-refractivity contribution in [2.24, 2.45) is 0 Å². The van der Waals surface area contributed by atoms with Crippen LogP contribution in [0.3, 0.4) is 0 Å². The number of hydrogen-bond donors (Lipinski definition) is 2. The molecule has 0 heterocycles. The van der Waals surface area contributed by atoms with E-state index in [0.29, 0.717) is 6.54 Å². The van der Waals surface area contributed by atoms with Gasteiger partial charge in [0.25, 0.3) is 0 Å². The summed E-state index contributed by atoms with van der Waals surface area (Å²) in [5.74, 6) is -6.33. The van der Waals surface area contributed by atoms with E-state index in [0.717, 1.165) is 0 Å². The van der Waals surface area contributed by atoms with Crippen molar-refractivity contribution in [3.63, 3.8) is 0 Å². The van der Waals surface area contributed by atoms with E-state index in [1.54, 1.807) is 6.92 Å². The SMILES string of the molecule is CCNC(=O)CCNc1c(F)c(F)cc(F)c1F. The largest absolute Gasteiger partial charge is 0.380 e. The van der Waals surface area contributed by atoms with Gasteiger partial charge in [-0.3, -0.25) is 4.79 Å². The van der Waals surface area contributed by atoms with E-state index in [2.05, 4.69) is 10.6 Å². The molecule has 0 aliphatic carbocycles. The van der Waals surface area contributed by atoms with Crippen LogP contribution in [0.5, 0.6) is 0 Å². The van der Waals surface area contributed by atoms with Crippen molar-refractivity contribution in [2.75, 3.05) is 18.4 Å². The van der Waals surface area contributed by atoms with Crippen molar-refractivity contribution in [1.29, 1.82) is 0 Å². The average Bonchev–Trinajstić information content (AvgIpc) is 2.31. The Balaban J connectivity index is 2.70. The van der Waals surface area contributed by atoms with Crippen LogP contribution in [-0.2, 0) is 4.79 Å². The maximum atomic E-state index is 13.2. The quantitative estimate of drug-likeness (QED) is 0.632. The van der Waals surface area contributed by atoms with Crippen LogP contribution in [-0.4, -0.2) is 19.0 Å². The second kappa shape index (κ2) is 6.23. The zero-order valence-corrected chi connectivity index (χ0v) is 9.62. The Labute approximate surface area is 101 Å². The highest BCUT2D eigenvalue weighted by Crippen LogP contribution is 2.23. The Kier molecular flexibility index (Phi) is 4.94. The summed E-state index contributed by atoms with van der Waals surface area (Å²) in [6, 6.07) is 0.125. The monoisotopic (exact) mass is 264 g/mol. The van der Waals surface area contributed by atoms with Crippen LogP contribution in [0.25, 0.3) is 0 Å². The van der Waals surface area contributed by atoms with Gasteiger partial charge in [0.05, 0.1) is 0 Å². The molecule has 0 aliphatic heterocycles. The third-order valence-electron chi connectivity index (χ3n) is 2.14. The van der Waals surface area contributed by atoms with Crippen LogP contribution in [0.1, 0.15) is 13.3 Å². The Hall–Kier alpha value is -1.79. The highest BCUT2D eigenvalue weighted by Gasteiger charge is 2.18. The van der Waals surface area contributed by atoms with Crippen LogP contribution in [0, 0.1) is 23.3 Å². The molecule has 18 heavy (non-hydrogen) atoms. The van der Waals surface area contributed by atoms with Gasteiger partial charge in [-0.2, -0.15) is 0 Å². The summed E-state index contributed by atoms with van der Waals surface area (Å²) in [7, 11) is 0. The first-order valence-electron chi connectivity index (χ1n) is 5.31. The summed E-state index contributed by atoms with van der Waals surface area (Å²) in [4.78, 5) is 11.1. The number of halogens is 4. The highest BCUT2D eigenvalue weighted by molar-refractivity contribution is 5.76. The van der Waals surface area contributed by atoms with Gasteiger partial charge in [-0.1, -0.05) is 0 Å². The van der Waals surface area contributed by atoms with Crippen LogP contribution < -0.4 is 10.6 Å². The molecule has 0 fully saturated rings. The highest BCUT2D eigenvalue weighted by atomic mass is 19.2. The average molecular weight is 264 g/mol. The lowest BCUT2D eigenvalue weighted by atomic mass is 10.2. The molecule has 3 nitrogen and oxygen atoms in total. The zero-order chi connectivity index (χ0) is 13.7. The zero-order valence-electron chi connectivity index (χ0n) is 9.62. The van der Waals surface area contributed by atoms with Gasteiger partial charge in [-0.05, 0) is 6.92 Å². The van der Waals surface area contributed by atoms with E-state index in [1.807, 2.05) is 0 Å². The fourth-order valence-corrected chi connectivity index (χ4v) is 1.31. The first-order chi connectivity index (χ1) is 8.47. The molecule has 100 valence electrons. The fraction of sp³-hybridized carbons (Fsp3) is 0.364. The van der Waals surface area contributed by atoms with E-state index in [4.69, 9.17) is 0 Å². The molecular formula is C11H12F4N2O. The van der Waals surface area contributed by atoms with Gasteiger partial charge in [0.15, 0.2) is 23.3 Å². The molecular weight excluding hydrogens is 252 g/mol. The molecule has 1 rings (SSSR count).